The van der Waals surface area contributed by atoms with Gasteiger partial charge in [0.05, 0.1) is 29.5 Å². The fraction of sp³-hybridized carbons (Fsp3) is 0.471. The van der Waals surface area contributed by atoms with Crippen LogP contribution in [-0.2, 0) is 4.79 Å². The van der Waals surface area contributed by atoms with Gasteiger partial charge in [0.1, 0.15) is 0 Å². The predicted octanol–water partition coefficient (Wildman–Crippen LogP) is 3.36. The summed E-state index contributed by atoms with van der Waals surface area (Å²) in [6.07, 6.45) is 4.01. The molecule has 1 aliphatic carbocycles. The molecule has 1 aliphatic rings. The van der Waals surface area contributed by atoms with E-state index < -0.39 is 18.8 Å². The van der Waals surface area contributed by atoms with Crippen LogP contribution in [0.2, 0.25) is 0 Å². The van der Waals surface area contributed by atoms with Crippen LogP contribution in [0.25, 0.3) is 5.69 Å². The summed E-state index contributed by atoms with van der Waals surface area (Å²) >= 11 is 0. The number of anilines is 1. The summed E-state index contributed by atoms with van der Waals surface area (Å²) in [4.78, 5) is 18.4. The van der Waals surface area contributed by atoms with E-state index in [1.54, 1.807) is 41.2 Å². The SMILES string of the molecule is Cc1nn(-c2cccnc2)cc1N(C(=O)C(C)CC(F)F)C1CC1. The largest absolute Gasteiger partial charge is 0.306 e. The molecule has 2 aromatic rings. The van der Waals surface area contributed by atoms with Crippen molar-refractivity contribution >= 4 is 11.6 Å². The van der Waals surface area contributed by atoms with Crippen molar-refractivity contribution in [1.29, 1.82) is 0 Å². The second-order valence-electron chi connectivity index (χ2n) is 6.22. The minimum atomic E-state index is -2.48. The fourth-order valence-electron chi connectivity index (χ4n) is 2.74. The Morgan fingerprint density at radius 2 is 2.21 bits per heavy atom. The molecule has 1 fully saturated rings. The van der Waals surface area contributed by atoms with Crippen LogP contribution in [0.1, 0.15) is 31.9 Å². The Morgan fingerprint density at radius 3 is 2.79 bits per heavy atom. The third kappa shape index (κ3) is 3.44. The lowest BCUT2D eigenvalue weighted by Gasteiger charge is -2.25. The Balaban J connectivity index is 1.90. The van der Waals surface area contributed by atoms with Gasteiger partial charge >= 0.3 is 0 Å². The van der Waals surface area contributed by atoms with E-state index in [0.717, 1.165) is 18.5 Å². The van der Waals surface area contributed by atoms with Gasteiger partial charge in [-0.05, 0) is 31.9 Å². The predicted molar refractivity (Wildman–Crippen MR) is 86.4 cm³/mol. The number of carbonyl (C=O) groups excluding carboxylic acids is 1. The Bertz CT molecular complexity index is 713. The Labute approximate surface area is 139 Å². The van der Waals surface area contributed by atoms with Crippen LogP contribution in [-0.4, -0.2) is 33.1 Å². The molecule has 5 nitrogen and oxygen atoms in total. The van der Waals surface area contributed by atoms with Crippen molar-refractivity contribution in [3.05, 3.63) is 36.4 Å². The second kappa shape index (κ2) is 6.67. The minimum Gasteiger partial charge on any atom is -0.306 e. The maximum absolute atomic E-state index is 12.7. The smallest absolute Gasteiger partial charge is 0.239 e. The third-order valence-electron chi connectivity index (χ3n) is 4.15. The molecule has 3 rings (SSSR count). The molecule has 1 amide bonds. The van der Waals surface area contributed by atoms with Crippen molar-refractivity contribution in [1.82, 2.24) is 14.8 Å². The molecule has 1 saturated carbocycles. The first-order valence-corrected chi connectivity index (χ1v) is 8.05. The number of carbonyl (C=O) groups is 1. The third-order valence-corrected chi connectivity index (χ3v) is 4.15. The molecule has 2 aromatic heterocycles. The molecule has 0 spiro atoms. The number of hydrogen-bond donors (Lipinski definition) is 0. The molecule has 0 aliphatic heterocycles. The average Bonchev–Trinajstić information content (AvgIpc) is 3.31. The number of amides is 1. The van der Waals surface area contributed by atoms with Crippen molar-refractivity contribution in [2.75, 3.05) is 4.90 Å². The zero-order chi connectivity index (χ0) is 17.3. The van der Waals surface area contributed by atoms with E-state index in [1.807, 2.05) is 13.0 Å². The molecule has 24 heavy (non-hydrogen) atoms. The van der Waals surface area contributed by atoms with E-state index in [-0.39, 0.29) is 11.9 Å². The monoisotopic (exact) mass is 334 g/mol. The molecular weight excluding hydrogens is 314 g/mol. The van der Waals surface area contributed by atoms with Crippen LogP contribution in [0.3, 0.4) is 0 Å². The van der Waals surface area contributed by atoms with Gasteiger partial charge in [-0.2, -0.15) is 5.10 Å². The number of hydrogen-bond acceptors (Lipinski definition) is 3. The van der Waals surface area contributed by atoms with Gasteiger partial charge in [-0.15, -0.1) is 0 Å². The summed E-state index contributed by atoms with van der Waals surface area (Å²) in [6, 6.07) is 3.76. The van der Waals surface area contributed by atoms with Crippen LogP contribution >= 0.6 is 0 Å². The van der Waals surface area contributed by atoms with Gasteiger partial charge in [-0.25, -0.2) is 13.5 Å². The first-order valence-electron chi connectivity index (χ1n) is 8.05. The molecule has 0 saturated heterocycles. The standard InChI is InChI=1S/C17H20F2N4O/c1-11(8-16(18)19)17(24)23(13-5-6-13)15-10-22(21-12(15)2)14-4-3-7-20-9-14/h3-4,7,9-11,13,16H,5-6,8H2,1-2H3. The second-order valence-corrected chi connectivity index (χ2v) is 6.22. The van der Waals surface area contributed by atoms with Gasteiger partial charge in [0.25, 0.3) is 0 Å². The molecule has 1 atom stereocenters. The van der Waals surface area contributed by atoms with Crippen molar-refractivity contribution in [2.45, 2.75) is 45.6 Å². The summed E-state index contributed by atoms with van der Waals surface area (Å²) in [6.45, 7) is 3.38. The van der Waals surface area contributed by atoms with Gasteiger partial charge < -0.3 is 4.90 Å². The summed E-state index contributed by atoms with van der Waals surface area (Å²) < 4.78 is 26.9. The number of pyridine rings is 1. The van der Waals surface area contributed by atoms with E-state index >= 15 is 0 Å². The van der Waals surface area contributed by atoms with E-state index in [9.17, 15) is 13.6 Å². The van der Waals surface area contributed by atoms with Crippen LogP contribution in [0.15, 0.2) is 30.7 Å². The van der Waals surface area contributed by atoms with Gasteiger partial charge in [0, 0.05) is 24.6 Å². The topological polar surface area (TPSA) is 51.0 Å². The van der Waals surface area contributed by atoms with Crippen LogP contribution in [0.4, 0.5) is 14.5 Å². The maximum atomic E-state index is 12.7. The van der Waals surface area contributed by atoms with E-state index in [0.29, 0.717) is 11.4 Å². The Kier molecular flexibility index (Phi) is 4.59. The number of alkyl halides is 2. The number of aryl methyl sites for hydroxylation is 1. The highest BCUT2D eigenvalue weighted by Crippen LogP contribution is 2.35. The van der Waals surface area contributed by atoms with Crippen molar-refractivity contribution in [3.8, 4) is 5.69 Å². The lowest BCUT2D eigenvalue weighted by molar-refractivity contribution is -0.123. The lowest BCUT2D eigenvalue weighted by atomic mass is 10.1. The molecule has 0 bridgehead atoms. The number of halogens is 2. The highest BCUT2D eigenvalue weighted by molar-refractivity contribution is 5.96. The molecule has 2 heterocycles. The first-order chi connectivity index (χ1) is 11.5. The Morgan fingerprint density at radius 1 is 1.46 bits per heavy atom. The number of nitrogens with zero attached hydrogens (tertiary/aromatic N) is 4. The first kappa shape index (κ1) is 16.5. The quantitative estimate of drug-likeness (QED) is 0.814. The zero-order valence-corrected chi connectivity index (χ0v) is 13.7. The summed E-state index contributed by atoms with van der Waals surface area (Å²) in [7, 11) is 0. The molecule has 0 radical (unpaired) electrons. The van der Waals surface area contributed by atoms with Gasteiger partial charge in [0.15, 0.2) is 0 Å². The summed E-state index contributed by atoms with van der Waals surface area (Å²) in [5, 5.41) is 4.45. The van der Waals surface area contributed by atoms with Crippen molar-refractivity contribution < 1.29 is 13.6 Å². The van der Waals surface area contributed by atoms with E-state index in [1.165, 1.54) is 0 Å². The van der Waals surface area contributed by atoms with Gasteiger partial charge in [0.2, 0.25) is 12.3 Å². The number of aromatic nitrogens is 3. The van der Waals surface area contributed by atoms with E-state index in [4.69, 9.17) is 0 Å². The minimum absolute atomic E-state index is 0.0860. The molecule has 0 N–H and O–H groups in total. The van der Waals surface area contributed by atoms with E-state index in [2.05, 4.69) is 10.1 Å². The summed E-state index contributed by atoms with van der Waals surface area (Å²) in [5.74, 6) is -0.974. The van der Waals surface area contributed by atoms with Crippen molar-refractivity contribution in [2.24, 2.45) is 5.92 Å². The molecule has 0 aromatic carbocycles. The molecular formula is C17H20F2N4O. The zero-order valence-electron chi connectivity index (χ0n) is 13.7. The van der Waals surface area contributed by atoms with Gasteiger partial charge in [-0.1, -0.05) is 6.92 Å². The van der Waals surface area contributed by atoms with Crippen LogP contribution < -0.4 is 4.90 Å². The fourth-order valence-corrected chi connectivity index (χ4v) is 2.74. The maximum Gasteiger partial charge on any atom is 0.239 e. The lowest BCUT2D eigenvalue weighted by Crippen LogP contribution is -2.38. The normalized spacial score (nSPS) is 15.5. The average molecular weight is 334 g/mol. The Hall–Kier alpha value is -2.31. The van der Waals surface area contributed by atoms with Gasteiger partial charge in [-0.3, -0.25) is 9.78 Å². The van der Waals surface area contributed by atoms with Crippen LogP contribution in [0, 0.1) is 12.8 Å². The van der Waals surface area contributed by atoms with Crippen molar-refractivity contribution in [3.63, 3.8) is 0 Å². The molecule has 128 valence electrons. The number of rotatable bonds is 6. The van der Waals surface area contributed by atoms with Crippen LogP contribution in [0.5, 0.6) is 0 Å². The highest BCUT2D eigenvalue weighted by atomic mass is 19.3. The highest BCUT2D eigenvalue weighted by Gasteiger charge is 2.37. The summed E-state index contributed by atoms with van der Waals surface area (Å²) in [5.41, 5.74) is 2.17. The molecule has 7 heteroatoms. The molecule has 1 unspecified atom stereocenters.